The summed E-state index contributed by atoms with van der Waals surface area (Å²) in [6, 6.07) is 7.29. The van der Waals surface area contributed by atoms with Crippen LogP contribution in [0.5, 0.6) is 0 Å². The predicted octanol–water partition coefficient (Wildman–Crippen LogP) is 3.75. The van der Waals surface area contributed by atoms with Crippen LogP contribution in [0.4, 0.5) is 0 Å². The first-order valence-corrected chi connectivity index (χ1v) is 7.05. The number of carboxylic acid groups (broad SMARTS) is 1. The number of unbranched alkanes of at least 4 members (excludes halogenated alkanes) is 2. The zero-order chi connectivity index (χ0) is 14.5. The number of para-hydroxylation sites is 1. The van der Waals surface area contributed by atoms with Gasteiger partial charge in [-0.15, -0.1) is 0 Å². The van der Waals surface area contributed by atoms with Crippen LogP contribution < -0.4 is 0 Å². The van der Waals surface area contributed by atoms with Gasteiger partial charge in [0.25, 0.3) is 0 Å². The molecule has 1 aromatic heterocycles. The van der Waals surface area contributed by atoms with E-state index in [1.165, 1.54) is 12.8 Å². The highest BCUT2D eigenvalue weighted by molar-refractivity contribution is 6.03. The fraction of sp³-hybridized carbons (Fsp3) is 0.438. The molecule has 4 nitrogen and oxygen atoms in total. The summed E-state index contributed by atoms with van der Waals surface area (Å²) in [5.41, 5.74) is 0.935. The van der Waals surface area contributed by atoms with Crippen molar-refractivity contribution in [2.24, 2.45) is 0 Å². The maximum absolute atomic E-state index is 11.5. The van der Waals surface area contributed by atoms with Crippen molar-refractivity contribution in [3.8, 4) is 0 Å². The Morgan fingerprint density at radius 2 is 2.05 bits per heavy atom. The number of carbonyl (C=O) groups is 1. The Morgan fingerprint density at radius 3 is 2.75 bits per heavy atom. The molecule has 0 fully saturated rings. The third-order valence-corrected chi connectivity index (χ3v) is 3.44. The lowest BCUT2D eigenvalue weighted by Crippen LogP contribution is -2.20. The Morgan fingerprint density at radius 1 is 1.30 bits per heavy atom. The van der Waals surface area contributed by atoms with Crippen LogP contribution in [0.25, 0.3) is 11.0 Å². The van der Waals surface area contributed by atoms with E-state index in [4.69, 9.17) is 4.42 Å². The minimum atomic E-state index is -0.924. The van der Waals surface area contributed by atoms with E-state index in [-0.39, 0.29) is 0 Å². The number of nitrogens with zero attached hydrogens (tertiary/aromatic N) is 1. The molecule has 0 bridgehead atoms. The summed E-state index contributed by atoms with van der Waals surface area (Å²) in [5.74, 6) is -0.385. The summed E-state index contributed by atoms with van der Waals surface area (Å²) in [7, 11) is 1.99. The van der Waals surface area contributed by atoms with Gasteiger partial charge in [-0.3, -0.25) is 4.90 Å². The Balaban J connectivity index is 2.20. The van der Waals surface area contributed by atoms with Crippen molar-refractivity contribution < 1.29 is 14.3 Å². The lowest BCUT2D eigenvalue weighted by Gasteiger charge is -2.15. The van der Waals surface area contributed by atoms with Crippen molar-refractivity contribution >= 4 is 16.9 Å². The van der Waals surface area contributed by atoms with E-state index in [9.17, 15) is 9.90 Å². The van der Waals surface area contributed by atoms with Crippen LogP contribution in [-0.4, -0.2) is 29.6 Å². The fourth-order valence-electron chi connectivity index (χ4n) is 2.40. The number of rotatable bonds is 7. The molecule has 1 N–H and O–H groups in total. The van der Waals surface area contributed by atoms with Crippen LogP contribution in [0.3, 0.4) is 0 Å². The van der Waals surface area contributed by atoms with Gasteiger partial charge in [0.2, 0.25) is 0 Å². The van der Waals surface area contributed by atoms with Gasteiger partial charge in [-0.05, 0) is 26.1 Å². The minimum Gasteiger partial charge on any atom is -0.478 e. The highest BCUT2D eigenvalue weighted by Crippen LogP contribution is 2.26. The molecule has 0 unspecified atom stereocenters. The molecule has 0 aliphatic rings. The topological polar surface area (TPSA) is 53.7 Å². The van der Waals surface area contributed by atoms with E-state index in [1.807, 2.05) is 25.2 Å². The standard InChI is InChI=1S/C16H21NO3/c1-3-4-7-10-17(2)11-14-15(16(18)19)12-8-5-6-9-13(12)20-14/h5-6,8-9H,3-4,7,10-11H2,1-2H3,(H,18,19). The molecule has 2 rings (SSSR count). The van der Waals surface area contributed by atoms with Crippen molar-refractivity contribution in [2.45, 2.75) is 32.7 Å². The molecule has 20 heavy (non-hydrogen) atoms. The summed E-state index contributed by atoms with van der Waals surface area (Å²) >= 11 is 0. The number of hydrogen-bond acceptors (Lipinski definition) is 3. The molecule has 1 heterocycles. The molecule has 1 aromatic carbocycles. The van der Waals surface area contributed by atoms with Crippen molar-refractivity contribution in [3.63, 3.8) is 0 Å². The third-order valence-electron chi connectivity index (χ3n) is 3.44. The second kappa shape index (κ2) is 6.57. The van der Waals surface area contributed by atoms with Gasteiger partial charge in [0.1, 0.15) is 16.9 Å². The average Bonchev–Trinajstić information content (AvgIpc) is 2.76. The normalized spacial score (nSPS) is 11.3. The number of aromatic carboxylic acids is 1. The molecule has 0 aliphatic heterocycles. The highest BCUT2D eigenvalue weighted by atomic mass is 16.4. The number of fused-ring (bicyclic) bond motifs is 1. The van der Waals surface area contributed by atoms with Gasteiger partial charge >= 0.3 is 5.97 Å². The van der Waals surface area contributed by atoms with Crippen LogP contribution in [0, 0.1) is 0 Å². The first kappa shape index (κ1) is 14.6. The Kier molecular flexibility index (Phi) is 4.79. The monoisotopic (exact) mass is 275 g/mol. The van der Waals surface area contributed by atoms with E-state index >= 15 is 0 Å². The van der Waals surface area contributed by atoms with E-state index in [2.05, 4.69) is 11.8 Å². The Bertz CT molecular complexity index is 588. The van der Waals surface area contributed by atoms with E-state index in [0.29, 0.717) is 28.8 Å². The first-order valence-electron chi connectivity index (χ1n) is 7.05. The van der Waals surface area contributed by atoms with Gasteiger partial charge < -0.3 is 9.52 Å². The van der Waals surface area contributed by atoms with Gasteiger partial charge in [0.15, 0.2) is 0 Å². The number of carboxylic acids is 1. The Labute approximate surface area is 119 Å². The second-order valence-corrected chi connectivity index (χ2v) is 5.15. The average molecular weight is 275 g/mol. The van der Waals surface area contributed by atoms with E-state index < -0.39 is 5.97 Å². The smallest absolute Gasteiger partial charge is 0.339 e. The molecule has 0 saturated carbocycles. The predicted molar refractivity (Wildman–Crippen MR) is 79.0 cm³/mol. The maximum Gasteiger partial charge on any atom is 0.339 e. The van der Waals surface area contributed by atoms with E-state index in [0.717, 1.165) is 13.0 Å². The zero-order valence-corrected chi connectivity index (χ0v) is 12.1. The molecule has 4 heteroatoms. The fourth-order valence-corrected chi connectivity index (χ4v) is 2.40. The summed E-state index contributed by atoms with van der Waals surface area (Å²) in [6.45, 7) is 3.64. The summed E-state index contributed by atoms with van der Waals surface area (Å²) in [4.78, 5) is 13.6. The molecule has 0 saturated heterocycles. The minimum absolute atomic E-state index is 0.294. The molecular weight excluding hydrogens is 254 g/mol. The quantitative estimate of drug-likeness (QED) is 0.782. The van der Waals surface area contributed by atoms with E-state index in [1.54, 1.807) is 6.07 Å². The highest BCUT2D eigenvalue weighted by Gasteiger charge is 2.20. The van der Waals surface area contributed by atoms with Crippen molar-refractivity contribution in [1.82, 2.24) is 4.90 Å². The van der Waals surface area contributed by atoms with Gasteiger partial charge in [-0.2, -0.15) is 0 Å². The molecule has 0 amide bonds. The zero-order valence-electron chi connectivity index (χ0n) is 12.1. The van der Waals surface area contributed by atoms with Crippen LogP contribution >= 0.6 is 0 Å². The number of benzene rings is 1. The maximum atomic E-state index is 11.5. The van der Waals surface area contributed by atoms with Gasteiger partial charge in [0, 0.05) is 5.39 Å². The molecule has 0 atom stereocenters. The van der Waals surface area contributed by atoms with Crippen LogP contribution in [0.1, 0.15) is 42.3 Å². The van der Waals surface area contributed by atoms with Crippen LogP contribution in [-0.2, 0) is 6.54 Å². The number of hydrogen-bond donors (Lipinski definition) is 1. The molecule has 0 spiro atoms. The lowest BCUT2D eigenvalue weighted by atomic mass is 10.1. The molecule has 0 aliphatic carbocycles. The summed E-state index contributed by atoms with van der Waals surface area (Å²) in [5, 5.41) is 10.1. The number of furan rings is 1. The molecule has 0 radical (unpaired) electrons. The van der Waals surface area contributed by atoms with Gasteiger partial charge in [0.05, 0.1) is 6.54 Å². The summed E-state index contributed by atoms with van der Waals surface area (Å²) in [6.07, 6.45) is 3.49. The third kappa shape index (κ3) is 3.20. The lowest BCUT2D eigenvalue weighted by molar-refractivity contribution is 0.0695. The van der Waals surface area contributed by atoms with Crippen LogP contribution in [0.15, 0.2) is 28.7 Å². The Hall–Kier alpha value is -1.81. The van der Waals surface area contributed by atoms with Crippen molar-refractivity contribution in [1.29, 1.82) is 0 Å². The second-order valence-electron chi connectivity index (χ2n) is 5.15. The SMILES string of the molecule is CCCCCN(C)Cc1oc2ccccc2c1C(=O)O. The molecule has 2 aromatic rings. The van der Waals surface area contributed by atoms with Crippen molar-refractivity contribution in [3.05, 3.63) is 35.6 Å². The molecular formula is C16H21NO3. The largest absolute Gasteiger partial charge is 0.478 e. The van der Waals surface area contributed by atoms with Crippen LogP contribution in [0.2, 0.25) is 0 Å². The first-order chi connectivity index (χ1) is 9.63. The summed E-state index contributed by atoms with van der Waals surface area (Å²) < 4.78 is 5.71. The van der Waals surface area contributed by atoms with Gasteiger partial charge in [-0.25, -0.2) is 4.79 Å². The molecule has 108 valence electrons. The van der Waals surface area contributed by atoms with Gasteiger partial charge in [-0.1, -0.05) is 38.0 Å². The van der Waals surface area contributed by atoms with Crippen molar-refractivity contribution in [2.75, 3.05) is 13.6 Å².